The van der Waals surface area contributed by atoms with Crippen LogP contribution in [0.25, 0.3) is 0 Å². The van der Waals surface area contributed by atoms with E-state index in [4.69, 9.17) is 0 Å². The van der Waals surface area contributed by atoms with Crippen LogP contribution in [0, 0.1) is 19.8 Å². The second-order valence-electron chi connectivity index (χ2n) is 7.31. The molecule has 5 nitrogen and oxygen atoms in total. The van der Waals surface area contributed by atoms with Crippen LogP contribution in [0.4, 0.5) is 0 Å². The lowest BCUT2D eigenvalue weighted by Gasteiger charge is -2.28. The highest BCUT2D eigenvalue weighted by Crippen LogP contribution is 2.28. The maximum Gasteiger partial charge on any atom is 0.252 e. The van der Waals surface area contributed by atoms with Gasteiger partial charge in [-0.25, -0.2) is 8.42 Å². The Hall–Kier alpha value is -1.70. The number of benzene rings is 1. The standard InChI is InChI=1S/C20H26N2O3S2/c1-14-8-10-22(11-9-14)27(24,25)19-7-5-17(26-19)13-21-20(23)18-6-4-15(2)12-16(18)3/h4-7,12,14H,8-11,13H2,1-3H3,(H,21,23). The number of nitrogens with one attached hydrogen (secondary N) is 1. The summed E-state index contributed by atoms with van der Waals surface area (Å²) in [5.74, 6) is 0.436. The maximum absolute atomic E-state index is 12.8. The van der Waals surface area contributed by atoms with E-state index in [1.807, 2.05) is 32.0 Å². The smallest absolute Gasteiger partial charge is 0.252 e. The highest BCUT2D eigenvalue weighted by atomic mass is 32.2. The van der Waals surface area contributed by atoms with Crippen LogP contribution in [-0.2, 0) is 16.6 Å². The molecule has 7 heteroatoms. The van der Waals surface area contributed by atoms with E-state index in [0.717, 1.165) is 28.8 Å². The van der Waals surface area contributed by atoms with Gasteiger partial charge in [-0.05, 0) is 56.4 Å². The fraction of sp³-hybridized carbons (Fsp3) is 0.450. The number of carbonyl (C=O) groups is 1. The minimum Gasteiger partial charge on any atom is -0.347 e. The van der Waals surface area contributed by atoms with E-state index in [1.54, 1.807) is 16.4 Å². The van der Waals surface area contributed by atoms with E-state index in [9.17, 15) is 13.2 Å². The van der Waals surface area contributed by atoms with Crippen molar-refractivity contribution in [1.82, 2.24) is 9.62 Å². The predicted molar refractivity (Wildman–Crippen MR) is 109 cm³/mol. The first-order chi connectivity index (χ1) is 12.8. The van der Waals surface area contributed by atoms with Crippen molar-refractivity contribution in [2.24, 2.45) is 5.92 Å². The molecule has 27 heavy (non-hydrogen) atoms. The zero-order chi connectivity index (χ0) is 19.6. The average molecular weight is 407 g/mol. The van der Waals surface area contributed by atoms with Crippen molar-refractivity contribution in [3.05, 3.63) is 51.9 Å². The van der Waals surface area contributed by atoms with Crippen LogP contribution < -0.4 is 5.32 Å². The Balaban J connectivity index is 1.65. The molecule has 1 aliphatic rings. The van der Waals surface area contributed by atoms with Crippen LogP contribution in [0.3, 0.4) is 0 Å². The summed E-state index contributed by atoms with van der Waals surface area (Å²) in [5.41, 5.74) is 2.69. The highest BCUT2D eigenvalue weighted by molar-refractivity contribution is 7.91. The van der Waals surface area contributed by atoms with Crippen LogP contribution in [0.5, 0.6) is 0 Å². The minimum atomic E-state index is -3.43. The molecular formula is C20H26N2O3S2. The van der Waals surface area contributed by atoms with Crippen LogP contribution in [0.15, 0.2) is 34.5 Å². The molecule has 1 aliphatic heterocycles. The summed E-state index contributed by atoms with van der Waals surface area (Å²) < 4.78 is 27.5. The maximum atomic E-state index is 12.8. The van der Waals surface area contributed by atoms with Crippen molar-refractivity contribution in [2.75, 3.05) is 13.1 Å². The molecule has 1 fully saturated rings. The van der Waals surface area contributed by atoms with E-state index in [-0.39, 0.29) is 5.91 Å². The van der Waals surface area contributed by atoms with Crippen LogP contribution in [0.1, 0.15) is 46.1 Å². The molecule has 0 bridgehead atoms. The number of aryl methyl sites for hydroxylation is 2. The number of sulfonamides is 1. The van der Waals surface area contributed by atoms with Gasteiger partial charge in [-0.15, -0.1) is 11.3 Å². The van der Waals surface area contributed by atoms with Gasteiger partial charge in [0.15, 0.2) is 0 Å². The van der Waals surface area contributed by atoms with Gasteiger partial charge < -0.3 is 5.32 Å². The SMILES string of the molecule is Cc1ccc(C(=O)NCc2ccc(S(=O)(=O)N3CCC(C)CC3)s2)c(C)c1. The number of amides is 1. The van der Waals surface area contributed by atoms with Gasteiger partial charge in [-0.1, -0.05) is 24.6 Å². The Bertz CT molecular complexity index is 926. The normalized spacial score (nSPS) is 16.4. The van der Waals surface area contributed by atoms with Crippen molar-refractivity contribution in [3.63, 3.8) is 0 Å². The molecule has 1 amide bonds. The quantitative estimate of drug-likeness (QED) is 0.823. The number of hydrogen-bond acceptors (Lipinski definition) is 4. The van der Waals surface area contributed by atoms with E-state index < -0.39 is 10.0 Å². The summed E-state index contributed by atoms with van der Waals surface area (Å²) in [6, 6.07) is 9.14. The molecule has 0 saturated carbocycles. The number of piperidine rings is 1. The number of rotatable bonds is 5. The molecule has 3 rings (SSSR count). The average Bonchev–Trinajstić information content (AvgIpc) is 3.10. The summed E-state index contributed by atoms with van der Waals surface area (Å²) in [6.45, 7) is 7.55. The lowest BCUT2D eigenvalue weighted by atomic mass is 10.0. The van der Waals surface area contributed by atoms with E-state index in [0.29, 0.717) is 35.3 Å². The van der Waals surface area contributed by atoms with Gasteiger partial charge in [-0.2, -0.15) is 4.31 Å². The lowest BCUT2D eigenvalue weighted by molar-refractivity contribution is 0.0950. The van der Waals surface area contributed by atoms with E-state index in [1.165, 1.54) is 11.3 Å². The summed E-state index contributed by atoms with van der Waals surface area (Å²) >= 11 is 1.23. The van der Waals surface area contributed by atoms with E-state index >= 15 is 0 Å². The van der Waals surface area contributed by atoms with Crippen LogP contribution >= 0.6 is 11.3 Å². The first-order valence-corrected chi connectivity index (χ1v) is 11.5. The third-order valence-electron chi connectivity index (χ3n) is 5.02. The minimum absolute atomic E-state index is 0.143. The van der Waals surface area contributed by atoms with Crippen molar-refractivity contribution < 1.29 is 13.2 Å². The Kier molecular flexibility index (Phi) is 6.03. The molecule has 1 N–H and O–H groups in total. The third-order valence-corrected chi connectivity index (χ3v) is 8.47. The van der Waals surface area contributed by atoms with Gasteiger partial charge in [0, 0.05) is 23.5 Å². The van der Waals surface area contributed by atoms with Gasteiger partial charge in [-0.3, -0.25) is 4.79 Å². The Morgan fingerprint density at radius 3 is 2.56 bits per heavy atom. The molecule has 0 aliphatic carbocycles. The number of carbonyl (C=O) groups excluding carboxylic acids is 1. The lowest BCUT2D eigenvalue weighted by Crippen LogP contribution is -2.37. The molecule has 0 unspecified atom stereocenters. The van der Waals surface area contributed by atoms with Gasteiger partial charge in [0.25, 0.3) is 15.9 Å². The third kappa shape index (κ3) is 4.59. The zero-order valence-corrected chi connectivity index (χ0v) is 17.6. The van der Waals surface area contributed by atoms with Crippen molar-refractivity contribution in [2.45, 2.75) is 44.4 Å². The second-order valence-corrected chi connectivity index (χ2v) is 10.6. The first-order valence-electron chi connectivity index (χ1n) is 9.21. The topological polar surface area (TPSA) is 66.5 Å². The van der Waals surface area contributed by atoms with Crippen LogP contribution in [-0.4, -0.2) is 31.7 Å². The molecule has 2 aromatic rings. The molecule has 2 heterocycles. The van der Waals surface area contributed by atoms with Crippen molar-refractivity contribution in [3.8, 4) is 0 Å². The van der Waals surface area contributed by atoms with Crippen LogP contribution in [0.2, 0.25) is 0 Å². The van der Waals surface area contributed by atoms with Gasteiger partial charge in [0.05, 0.1) is 6.54 Å². The number of hydrogen-bond donors (Lipinski definition) is 1. The number of thiophene rings is 1. The van der Waals surface area contributed by atoms with E-state index in [2.05, 4.69) is 12.2 Å². The fourth-order valence-corrected chi connectivity index (χ4v) is 6.19. The monoisotopic (exact) mass is 406 g/mol. The molecular weight excluding hydrogens is 380 g/mol. The van der Waals surface area contributed by atoms with Crippen molar-refractivity contribution >= 4 is 27.3 Å². The first kappa shape index (κ1) is 20.0. The number of nitrogens with zero attached hydrogens (tertiary/aromatic N) is 1. The van der Waals surface area contributed by atoms with Gasteiger partial charge >= 0.3 is 0 Å². The fourth-order valence-electron chi connectivity index (χ4n) is 3.28. The molecule has 1 aromatic heterocycles. The summed E-state index contributed by atoms with van der Waals surface area (Å²) in [6.07, 6.45) is 1.81. The molecule has 0 spiro atoms. The molecule has 0 radical (unpaired) electrons. The Labute approximate surface area is 165 Å². The molecule has 146 valence electrons. The second kappa shape index (κ2) is 8.12. The van der Waals surface area contributed by atoms with Crippen molar-refractivity contribution in [1.29, 1.82) is 0 Å². The molecule has 1 saturated heterocycles. The summed E-state index contributed by atoms with van der Waals surface area (Å²) in [5, 5.41) is 2.89. The molecule has 1 aromatic carbocycles. The summed E-state index contributed by atoms with van der Waals surface area (Å²) in [7, 11) is -3.43. The predicted octanol–water partition coefficient (Wildman–Crippen LogP) is 3.72. The summed E-state index contributed by atoms with van der Waals surface area (Å²) in [4.78, 5) is 13.2. The Morgan fingerprint density at radius 2 is 1.89 bits per heavy atom. The Morgan fingerprint density at radius 1 is 1.19 bits per heavy atom. The molecule has 0 atom stereocenters. The zero-order valence-electron chi connectivity index (χ0n) is 16.0. The van der Waals surface area contributed by atoms with Gasteiger partial charge in [0.1, 0.15) is 4.21 Å². The highest BCUT2D eigenvalue weighted by Gasteiger charge is 2.29. The van der Waals surface area contributed by atoms with Gasteiger partial charge in [0.2, 0.25) is 0 Å². The largest absolute Gasteiger partial charge is 0.347 e.